The van der Waals surface area contributed by atoms with Crippen molar-refractivity contribution in [3.8, 4) is 17.3 Å². The van der Waals surface area contributed by atoms with Gasteiger partial charge in [-0.3, -0.25) is 10.1 Å². The van der Waals surface area contributed by atoms with Crippen LogP contribution in [0.15, 0.2) is 40.8 Å². The summed E-state index contributed by atoms with van der Waals surface area (Å²) in [6.07, 6.45) is 0.535. The third-order valence-electron chi connectivity index (χ3n) is 2.49. The van der Waals surface area contributed by atoms with Gasteiger partial charge in [-0.25, -0.2) is 0 Å². The van der Waals surface area contributed by atoms with Crippen LogP contribution in [0, 0.1) is 10.1 Å². The van der Waals surface area contributed by atoms with Crippen LogP contribution in [-0.4, -0.2) is 23.2 Å². The van der Waals surface area contributed by atoms with Crippen LogP contribution < -0.4 is 4.74 Å². The first-order valence-electron chi connectivity index (χ1n) is 5.79. The zero-order valence-corrected chi connectivity index (χ0v) is 10.1. The van der Waals surface area contributed by atoms with Gasteiger partial charge in [0.15, 0.2) is 0 Å². The molecular formula is C13H13NO5. The molecule has 1 heterocycles. The second kappa shape index (κ2) is 6.01. The highest BCUT2D eigenvalue weighted by Gasteiger charge is 2.08. The van der Waals surface area contributed by atoms with Crippen molar-refractivity contribution in [2.45, 2.75) is 6.42 Å². The Morgan fingerprint density at radius 2 is 1.95 bits per heavy atom. The van der Waals surface area contributed by atoms with Gasteiger partial charge in [-0.1, -0.05) is 0 Å². The minimum atomic E-state index is -0.449. The lowest BCUT2D eigenvalue weighted by atomic mass is 10.1. The molecule has 1 aromatic carbocycles. The summed E-state index contributed by atoms with van der Waals surface area (Å²) in [6, 6.07) is 9.49. The molecule has 19 heavy (non-hydrogen) atoms. The van der Waals surface area contributed by atoms with Crippen molar-refractivity contribution in [3.05, 3.63) is 46.5 Å². The predicted molar refractivity (Wildman–Crippen MR) is 68.0 cm³/mol. The molecule has 1 aromatic heterocycles. The Labute approximate surface area is 109 Å². The zero-order valence-electron chi connectivity index (χ0n) is 10.1. The predicted octanol–water partition coefficient (Wildman–Crippen LogP) is 2.62. The van der Waals surface area contributed by atoms with Crippen LogP contribution in [0.3, 0.4) is 0 Å². The van der Waals surface area contributed by atoms with E-state index in [1.165, 1.54) is 12.1 Å². The molecule has 2 rings (SSSR count). The molecule has 1 N–H and O–H groups in total. The molecule has 0 aliphatic heterocycles. The van der Waals surface area contributed by atoms with Gasteiger partial charge in [0.2, 0.25) is 0 Å². The van der Waals surface area contributed by atoms with Crippen molar-refractivity contribution in [1.29, 1.82) is 0 Å². The average molecular weight is 263 g/mol. The van der Waals surface area contributed by atoms with E-state index in [1.54, 1.807) is 24.3 Å². The van der Waals surface area contributed by atoms with Gasteiger partial charge in [0, 0.05) is 36.8 Å². The van der Waals surface area contributed by atoms with E-state index in [4.69, 9.17) is 14.3 Å². The van der Waals surface area contributed by atoms with Crippen LogP contribution in [0.25, 0.3) is 11.3 Å². The van der Waals surface area contributed by atoms with Crippen molar-refractivity contribution in [2.75, 3.05) is 13.2 Å². The molecule has 0 saturated carbocycles. The van der Waals surface area contributed by atoms with Crippen molar-refractivity contribution in [1.82, 2.24) is 0 Å². The van der Waals surface area contributed by atoms with E-state index in [9.17, 15) is 10.1 Å². The minimum Gasteiger partial charge on any atom is -0.465 e. The van der Waals surface area contributed by atoms with Gasteiger partial charge in [-0.15, -0.1) is 0 Å². The number of hydrogen-bond acceptors (Lipinski definition) is 5. The van der Waals surface area contributed by atoms with Crippen LogP contribution >= 0.6 is 0 Å². The third kappa shape index (κ3) is 3.32. The summed E-state index contributed by atoms with van der Waals surface area (Å²) in [7, 11) is 0. The molecule has 100 valence electrons. The molecule has 0 fully saturated rings. The molecule has 0 unspecified atom stereocenters. The summed E-state index contributed by atoms with van der Waals surface area (Å²) in [4.78, 5) is 10.1. The number of benzene rings is 1. The van der Waals surface area contributed by atoms with E-state index in [1.807, 2.05) is 0 Å². The lowest BCUT2D eigenvalue weighted by Gasteiger charge is -2.00. The number of furan rings is 1. The van der Waals surface area contributed by atoms with Gasteiger partial charge in [-0.2, -0.15) is 0 Å². The lowest BCUT2D eigenvalue weighted by Crippen LogP contribution is -1.98. The minimum absolute atomic E-state index is 0.0368. The van der Waals surface area contributed by atoms with Crippen LogP contribution in [0.5, 0.6) is 5.95 Å². The first-order valence-corrected chi connectivity index (χ1v) is 5.79. The highest BCUT2D eigenvalue weighted by Crippen LogP contribution is 2.27. The van der Waals surface area contributed by atoms with Crippen LogP contribution in [0.2, 0.25) is 0 Å². The monoisotopic (exact) mass is 263 g/mol. The molecule has 2 aromatic rings. The van der Waals surface area contributed by atoms with Gasteiger partial charge in [0.25, 0.3) is 11.6 Å². The average Bonchev–Trinajstić information content (AvgIpc) is 2.88. The molecule has 6 heteroatoms. The fourth-order valence-corrected chi connectivity index (χ4v) is 1.54. The summed E-state index contributed by atoms with van der Waals surface area (Å²) in [5, 5.41) is 19.2. The smallest absolute Gasteiger partial charge is 0.284 e. The normalized spacial score (nSPS) is 10.4. The Kier molecular flexibility index (Phi) is 4.15. The second-order valence-electron chi connectivity index (χ2n) is 3.85. The SMILES string of the molecule is O=[N+]([O-])c1ccc(-c2ccc(OCCCO)o2)cc1. The fourth-order valence-electron chi connectivity index (χ4n) is 1.54. The molecule has 0 radical (unpaired) electrons. The quantitative estimate of drug-likeness (QED) is 0.492. The van der Waals surface area contributed by atoms with Gasteiger partial charge in [-0.05, 0) is 18.2 Å². The number of rotatable bonds is 6. The van der Waals surface area contributed by atoms with E-state index < -0.39 is 4.92 Å². The Morgan fingerprint density at radius 3 is 2.58 bits per heavy atom. The van der Waals surface area contributed by atoms with E-state index in [0.29, 0.717) is 24.7 Å². The van der Waals surface area contributed by atoms with Gasteiger partial charge in [0.05, 0.1) is 11.5 Å². The molecule has 0 bridgehead atoms. The standard InChI is InChI=1S/C13H13NO5/c15-8-1-9-18-13-7-6-12(19-13)10-2-4-11(5-3-10)14(16)17/h2-7,15H,1,8-9H2. The second-order valence-corrected chi connectivity index (χ2v) is 3.85. The number of nitrogens with zero attached hydrogens (tertiary/aromatic N) is 1. The highest BCUT2D eigenvalue weighted by molar-refractivity contribution is 5.59. The Balaban J connectivity index is 2.07. The number of nitro groups is 1. The summed E-state index contributed by atoms with van der Waals surface area (Å²) in [6.45, 7) is 0.444. The first kappa shape index (κ1) is 13.1. The van der Waals surface area contributed by atoms with Gasteiger partial charge >= 0.3 is 0 Å². The van der Waals surface area contributed by atoms with Crippen molar-refractivity contribution in [3.63, 3.8) is 0 Å². The number of non-ortho nitro benzene ring substituents is 1. The Morgan fingerprint density at radius 1 is 1.21 bits per heavy atom. The zero-order chi connectivity index (χ0) is 13.7. The number of hydrogen-bond donors (Lipinski definition) is 1. The fraction of sp³-hybridized carbons (Fsp3) is 0.231. The summed E-state index contributed by atoms with van der Waals surface area (Å²) >= 11 is 0. The largest absolute Gasteiger partial charge is 0.465 e. The van der Waals surface area contributed by atoms with Gasteiger partial charge in [0.1, 0.15) is 5.76 Å². The maximum atomic E-state index is 10.5. The molecule has 0 amide bonds. The first-order chi connectivity index (χ1) is 9.20. The number of aliphatic hydroxyl groups is 1. The van der Waals surface area contributed by atoms with E-state index in [0.717, 1.165) is 5.56 Å². The Hall–Kier alpha value is -2.34. The van der Waals surface area contributed by atoms with Crippen molar-refractivity contribution in [2.24, 2.45) is 0 Å². The molecule has 0 spiro atoms. The van der Waals surface area contributed by atoms with Crippen molar-refractivity contribution >= 4 is 5.69 Å². The van der Waals surface area contributed by atoms with Gasteiger partial charge < -0.3 is 14.3 Å². The molecule has 6 nitrogen and oxygen atoms in total. The van der Waals surface area contributed by atoms with Crippen LogP contribution in [0.4, 0.5) is 5.69 Å². The topological polar surface area (TPSA) is 85.7 Å². The lowest BCUT2D eigenvalue weighted by molar-refractivity contribution is -0.384. The maximum absolute atomic E-state index is 10.5. The number of ether oxygens (including phenoxy) is 1. The molecule has 0 saturated heterocycles. The molecule has 0 atom stereocenters. The Bertz CT molecular complexity index is 546. The summed E-state index contributed by atoms with van der Waals surface area (Å²) < 4.78 is 10.7. The molecule has 0 aliphatic rings. The summed E-state index contributed by atoms with van der Waals surface area (Å²) in [5.41, 5.74) is 0.775. The molecular weight excluding hydrogens is 250 g/mol. The van der Waals surface area contributed by atoms with E-state index in [2.05, 4.69) is 0 Å². The number of aliphatic hydroxyl groups excluding tert-OH is 1. The van der Waals surface area contributed by atoms with E-state index in [-0.39, 0.29) is 12.3 Å². The highest BCUT2D eigenvalue weighted by atomic mass is 16.6. The van der Waals surface area contributed by atoms with Crippen LogP contribution in [0.1, 0.15) is 6.42 Å². The van der Waals surface area contributed by atoms with Crippen LogP contribution in [-0.2, 0) is 0 Å². The van der Waals surface area contributed by atoms with Crippen molar-refractivity contribution < 1.29 is 19.2 Å². The third-order valence-corrected chi connectivity index (χ3v) is 2.49. The number of nitro benzene ring substituents is 1. The summed E-state index contributed by atoms with van der Waals surface area (Å²) in [5.74, 6) is 0.940. The molecule has 0 aliphatic carbocycles. The maximum Gasteiger partial charge on any atom is 0.284 e. The van der Waals surface area contributed by atoms with E-state index >= 15 is 0 Å².